The van der Waals surface area contributed by atoms with Crippen molar-refractivity contribution in [2.45, 2.75) is 58.4 Å². The highest BCUT2D eigenvalue weighted by atomic mass is 16.2. The van der Waals surface area contributed by atoms with Gasteiger partial charge < -0.3 is 10.2 Å². The smallest absolute Gasteiger partial charge is 0.228 e. The number of carbonyl (C=O) groups is 1. The summed E-state index contributed by atoms with van der Waals surface area (Å²) in [6.45, 7) is 7.20. The summed E-state index contributed by atoms with van der Waals surface area (Å²) in [5.74, 6) is 0.414. The van der Waals surface area contributed by atoms with E-state index in [-0.39, 0.29) is 5.41 Å². The van der Waals surface area contributed by atoms with Gasteiger partial charge in [-0.15, -0.1) is 0 Å². The van der Waals surface area contributed by atoms with Gasteiger partial charge in [-0.2, -0.15) is 0 Å². The van der Waals surface area contributed by atoms with Crippen molar-refractivity contribution in [3.05, 3.63) is 0 Å². The maximum absolute atomic E-state index is 12.6. The van der Waals surface area contributed by atoms with Gasteiger partial charge in [0, 0.05) is 24.5 Å². The van der Waals surface area contributed by atoms with Crippen molar-refractivity contribution in [1.29, 1.82) is 0 Å². The lowest BCUT2D eigenvalue weighted by Gasteiger charge is -2.37. The number of amides is 1. The minimum atomic E-state index is -0.0475. The van der Waals surface area contributed by atoms with E-state index in [9.17, 15) is 4.79 Å². The predicted octanol–water partition coefficient (Wildman–Crippen LogP) is 2.17. The zero-order valence-electron chi connectivity index (χ0n) is 11.3. The van der Waals surface area contributed by atoms with Crippen LogP contribution in [0.4, 0.5) is 0 Å². The van der Waals surface area contributed by atoms with E-state index in [1.165, 1.54) is 19.3 Å². The fraction of sp³-hybridized carbons (Fsp3) is 0.929. The third-order valence-electron chi connectivity index (χ3n) is 4.42. The van der Waals surface area contributed by atoms with Crippen molar-refractivity contribution in [3.63, 3.8) is 0 Å². The summed E-state index contributed by atoms with van der Waals surface area (Å²) < 4.78 is 0. The van der Waals surface area contributed by atoms with Gasteiger partial charge in [-0.25, -0.2) is 0 Å². The number of nitrogens with zero attached hydrogens (tertiary/aromatic N) is 1. The third kappa shape index (κ3) is 2.82. The van der Waals surface area contributed by atoms with Crippen LogP contribution < -0.4 is 5.32 Å². The van der Waals surface area contributed by atoms with E-state index in [2.05, 4.69) is 24.1 Å². The highest BCUT2D eigenvalue weighted by Gasteiger charge is 2.40. The van der Waals surface area contributed by atoms with Gasteiger partial charge in [0.2, 0.25) is 5.91 Å². The van der Waals surface area contributed by atoms with Crippen molar-refractivity contribution in [2.75, 3.05) is 19.6 Å². The molecule has 0 aromatic rings. The largest absolute Gasteiger partial charge is 0.341 e. The Morgan fingerprint density at radius 3 is 2.71 bits per heavy atom. The summed E-state index contributed by atoms with van der Waals surface area (Å²) >= 11 is 0. The minimum absolute atomic E-state index is 0.0475. The zero-order valence-corrected chi connectivity index (χ0v) is 11.3. The Kier molecular flexibility index (Phi) is 4.08. The van der Waals surface area contributed by atoms with Crippen LogP contribution in [0.2, 0.25) is 0 Å². The number of rotatable bonds is 3. The van der Waals surface area contributed by atoms with Crippen LogP contribution in [0.5, 0.6) is 0 Å². The highest BCUT2D eigenvalue weighted by Crippen LogP contribution is 2.39. The Balaban J connectivity index is 1.94. The van der Waals surface area contributed by atoms with Crippen molar-refractivity contribution < 1.29 is 4.79 Å². The van der Waals surface area contributed by atoms with E-state index in [1.807, 2.05) is 0 Å². The first-order valence-corrected chi connectivity index (χ1v) is 7.18. The molecule has 0 bridgehead atoms. The van der Waals surface area contributed by atoms with Crippen molar-refractivity contribution in [1.82, 2.24) is 10.2 Å². The molecule has 1 N–H and O–H groups in total. The Hall–Kier alpha value is -0.570. The molecular formula is C14H26N2O. The molecule has 1 saturated carbocycles. The van der Waals surface area contributed by atoms with E-state index in [0.717, 1.165) is 38.9 Å². The number of likely N-dealkylation sites (tertiary alicyclic amines) is 1. The second kappa shape index (κ2) is 5.38. The molecule has 17 heavy (non-hydrogen) atoms. The molecule has 98 valence electrons. The van der Waals surface area contributed by atoms with Gasteiger partial charge in [-0.05, 0) is 32.2 Å². The second-order valence-corrected chi connectivity index (χ2v) is 5.92. The average molecular weight is 238 g/mol. The molecule has 1 amide bonds. The summed E-state index contributed by atoms with van der Waals surface area (Å²) in [4.78, 5) is 14.7. The maximum atomic E-state index is 12.6. The molecule has 1 saturated heterocycles. The van der Waals surface area contributed by atoms with Crippen LogP contribution in [0.3, 0.4) is 0 Å². The van der Waals surface area contributed by atoms with Gasteiger partial charge in [-0.1, -0.05) is 26.7 Å². The molecule has 2 aliphatic rings. The van der Waals surface area contributed by atoms with Crippen LogP contribution >= 0.6 is 0 Å². The van der Waals surface area contributed by atoms with Gasteiger partial charge in [0.15, 0.2) is 0 Å². The SMILES string of the molecule is CCNC1CCCN(C(=O)C2(C)CCCC2)C1. The number of piperidine rings is 1. The first kappa shape index (κ1) is 12.9. The average Bonchev–Trinajstić information content (AvgIpc) is 2.77. The summed E-state index contributed by atoms with van der Waals surface area (Å²) in [6, 6.07) is 0.516. The molecule has 1 unspecified atom stereocenters. The van der Waals surface area contributed by atoms with E-state index in [0.29, 0.717) is 11.9 Å². The van der Waals surface area contributed by atoms with Crippen LogP contribution in [0.25, 0.3) is 0 Å². The number of hydrogen-bond acceptors (Lipinski definition) is 2. The van der Waals surface area contributed by atoms with E-state index in [1.54, 1.807) is 0 Å². The lowest BCUT2D eigenvalue weighted by molar-refractivity contribution is -0.142. The molecule has 0 spiro atoms. The topological polar surface area (TPSA) is 32.3 Å². The Labute approximate surface area is 105 Å². The monoisotopic (exact) mass is 238 g/mol. The van der Waals surface area contributed by atoms with Gasteiger partial charge in [-0.3, -0.25) is 4.79 Å². The van der Waals surface area contributed by atoms with E-state index in [4.69, 9.17) is 0 Å². The van der Waals surface area contributed by atoms with Crippen LogP contribution in [-0.4, -0.2) is 36.5 Å². The van der Waals surface area contributed by atoms with Gasteiger partial charge >= 0.3 is 0 Å². The van der Waals surface area contributed by atoms with Crippen LogP contribution in [-0.2, 0) is 4.79 Å². The first-order chi connectivity index (χ1) is 8.15. The minimum Gasteiger partial charge on any atom is -0.341 e. The molecule has 0 radical (unpaired) electrons. The summed E-state index contributed by atoms with van der Waals surface area (Å²) in [7, 11) is 0. The summed E-state index contributed by atoms with van der Waals surface area (Å²) in [5.41, 5.74) is -0.0475. The molecule has 1 atom stereocenters. The second-order valence-electron chi connectivity index (χ2n) is 5.92. The van der Waals surface area contributed by atoms with Crippen LogP contribution in [0, 0.1) is 5.41 Å². The highest BCUT2D eigenvalue weighted by molar-refractivity contribution is 5.82. The number of likely N-dealkylation sites (N-methyl/N-ethyl adjacent to an activating group) is 1. The number of hydrogen-bond donors (Lipinski definition) is 1. The fourth-order valence-corrected chi connectivity index (χ4v) is 3.37. The van der Waals surface area contributed by atoms with Crippen LogP contribution in [0.15, 0.2) is 0 Å². The molecule has 3 heteroatoms. The summed E-state index contributed by atoms with van der Waals surface area (Å²) in [6.07, 6.45) is 7.01. The fourth-order valence-electron chi connectivity index (χ4n) is 3.37. The first-order valence-electron chi connectivity index (χ1n) is 7.18. The quantitative estimate of drug-likeness (QED) is 0.817. The normalized spacial score (nSPS) is 28.4. The molecule has 1 aliphatic heterocycles. The van der Waals surface area contributed by atoms with Gasteiger partial charge in [0.1, 0.15) is 0 Å². The lowest BCUT2D eigenvalue weighted by Crippen LogP contribution is -2.51. The molecule has 1 aliphatic carbocycles. The predicted molar refractivity (Wildman–Crippen MR) is 69.9 cm³/mol. The van der Waals surface area contributed by atoms with Crippen LogP contribution in [0.1, 0.15) is 52.4 Å². The molecule has 0 aromatic carbocycles. The Morgan fingerprint density at radius 1 is 1.35 bits per heavy atom. The molecular weight excluding hydrogens is 212 g/mol. The van der Waals surface area contributed by atoms with Gasteiger partial charge in [0.05, 0.1) is 0 Å². The number of nitrogens with one attached hydrogen (secondary N) is 1. The molecule has 2 fully saturated rings. The van der Waals surface area contributed by atoms with Crippen molar-refractivity contribution in [2.24, 2.45) is 5.41 Å². The molecule has 0 aromatic heterocycles. The standard InChI is InChI=1S/C14H26N2O/c1-3-15-12-7-6-10-16(11-12)13(17)14(2)8-4-5-9-14/h12,15H,3-11H2,1-2H3. The van der Waals surface area contributed by atoms with E-state index < -0.39 is 0 Å². The van der Waals surface area contributed by atoms with E-state index >= 15 is 0 Å². The lowest BCUT2D eigenvalue weighted by atomic mass is 9.86. The van der Waals surface area contributed by atoms with Gasteiger partial charge in [0.25, 0.3) is 0 Å². The Bertz CT molecular complexity index is 269. The number of carbonyl (C=O) groups excluding carboxylic acids is 1. The Morgan fingerprint density at radius 2 is 2.06 bits per heavy atom. The van der Waals surface area contributed by atoms with Crippen molar-refractivity contribution >= 4 is 5.91 Å². The zero-order chi connectivity index (χ0) is 12.3. The molecule has 3 nitrogen and oxygen atoms in total. The molecule has 2 rings (SSSR count). The van der Waals surface area contributed by atoms with Crippen molar-refractivity contribution in [3.8, 4) is 0 Å². The molecule has 1 heterocycles. The third-order valence-corrected chi connectivity index (χ3v) is 4.42. The maximum Gasteiger partial charge on any atom is 0.228 e. The summed E-state index contributed by atoms with van der Waals surface area (Å²) in [5, 5.41) is 3.48.